The highest BCUT2D eigenvalue weighted by Crippen LogP contribution is 2.21. The molecule has 1 aliphatic rings. The van der Waals surface area contributed by atoms with Crippen LogP contribution in [0.3, 0.4) is 0 Å². The molecule has 0 unspecified atom stereocenters. The number of aliphatic imine (C=N–C) groups is 1. The number of nitrogens with one attached hydrogen (secondary N) is 2. The van der Waals surface area contributed by atoms with Crippen LogP contribution < -0.4 is 10.6 Å². The van der Waals surface area contributed by atoms with Gasteiger partial charge in [-0.05, 0) is 32.1 Å². The lowest BCUT2D eigenvalue weighted by Crippen LogP contribution is -2.46. The standard InChI is InChI=1S/C17H29N5OS/c1-4-14-11-20-16(24-14)12-21-17(19-5-2)22-8-6-13(7-9-22)10-15(23)18-3/h11,13H,4-10,12H2,1-3H3,(H,18,23)(H,19,21). The number of hydrogen-bond acceptors (Lipinski definition) is 4. The molecule has 24 heavy (non-hydrogen) atoms. The van der Waals surface area contributed by atoms with Gasteiger partial charge >= 0.3 is 0 Å². The summed E-state index contributed by atoms with van der Waals surface area (Å²) in [6, 6.07) is 0. The average molecular weight is 352 g/mol. The number of piperidine rings is 1. The summed E-state index contributed by atoms with van der Waals surface area (Å²) in [6.07, 6.45) is 5.69. The molecule has 0 saturated carbocycles. The molecule has 0 aromatic carbocycles. The van der Waals surface area contributed by atoms with Crippen molar-refractivity contribution < 1.29 is 4.79 Å². The van der Waals surface area contributed by atoms with Crippen molar-refractivity contribution >= 4 is 23.2 Å². The van der Waals surface area contributed by atoms with Crippen molar-refractivity contribution in [3.63, 3.8) is 0 Å². The van der Waals surface area contributed by atoms with Crippen molar-refractivity contribution in [1.29, 1.82) is 0 Å². The number of carbonyl (C=O) groups is 1. The predicted octanol–water partition coefficient (Wildman–Crippen LogP) is 2.02. The van der Waals surface area contributed by atoms with Crippen molar-refractivity contribution in [2.24, 2.45) is 10.9 Å². The van der Waals surface area contributed by atoms with Gasteiger partial charge in [-0.25, -0.2) is 9.98 Å². The van der Waals surface area contributed by atoms with Crippen LogP contribution in [0, 0.1) is 5.92 Å². The van der Waals surface area contributed by atoms with Gasteiger partial charge in [0.1, 0.15) is 5.01 Å². The van der Waals surface area contributed by atoms with Gasteiger partial charge in [0.2, 0.25) is 5.91 Å². The Kier molecular flexibility index (Phi) is 7.49. The number of hydrogen-bond donors (Lipinski definition) is 2. The van der Waals surface area contributed by atoms with Gasteiger partial charge in [-0.2, -0.15) is 0 Å². The molecule has 1 amide bonds. The van der Waals surface area contributed by atoms with Crippen molar-refractivity contribution in [2.45, 2.75) is 46.1 Å². The smallest absolute Gasteiger partial charge is 0.220 e. The van der Waals surface area contributed by atoms with Crippen LogP contribution in [0.4, 0.5) is 0 Å². The normalized spacial score (nSPS) is 16.3. The van der Waals surface area contributed by atoms with Crippen LogP contribution in [0.5, 0.6) is 0 Å². The molecular weight excluding hydrogens is 322 g/mol. The largest absolute Gasteiger partial charge is 0.359 e. The first-order chi connectivity index (χ1) is 11.7. The van der Waals surface area contributed by atoms with Crippen LogP contribution in [0.25, 0.3) is 0 Å². The Balaban J connectivity index is 1.90. The van der Waals surface area contributed by atoms with Gasteiger partial charge in [-0.3, -0.25) is 4.79 Å². The first-order valence-corrected chi connectivity index (χ1v) is 9.65. The second kappa shape index (κ2) is 9.61. The van der Waals surface area contributed by atoms with Crippen molar-refractivity contribution in [3.05, 3.63) is 16.1 Å². The Morgan fingerprint density at radius 3 is 2.75 bits per heavy atom. The average Bonchev–Trinajstić information content (AvgIpc) is 3.07. The highest BCUT2D eigenvalue weighted by atomic mass is 32.1. The van der Waals surface area contributed by atoms with Gasteiger partial charge in [0.05, 0.1) is 6.54 Å². The summed E-state index contributed by atoms with van der Waals surface area (Å²) < 4.78 is 0. The van der Waals surface area contributed by atoms with E-state index in [-0.39, 0.29) is 5.91 Å². The molecule has 0 atom stereocenters. The molecule has 0 spiro atoms. The highest BCUT2D eigenvalue weighted by Gasteiger charge is 2.23. The van der Waals surface area contributed by atoms with E-state index in [1.165, 1.54) is 4.88 Å². The number of rotatable bonds is 6. The topological polar surface area (TPSA) is 69.6 Å². The first-order valence-electron chi connectivity index (χ1n) is 8.83. The summed E-state index contributed by atoms with van der Waals surface area (Å²) in [5, 5.41) is 7.17. The van der Waals surface area contributed by atoms with Crippen LogP contribution in [-0.4, -0.2) is 48.4 Å². The second-order valence-corrected chi connectivity index (χ2v) is 7.25. The number of carbonyl (C=O) groups excluding carboxylic acids is 1. The Morgan fingerprint density at radius 1 is 1.42 bits per heavy atom. The zero-order valence-corrected chi connectivity index (χ0v) is 15.8. The molecular formula is C17H29N5OS. The molecule has 2 heterocycles. The zero-order chi connectivity index (χ0) is 17.4. The molecule has 1 aromatic rings. The summed E-state index contributed by atoms with van der Waals surface area (Å²) in [6.45, 7) is 7.62. The van der Waals surface area contributed by atoms with Gasteiger partial charge in [-0.15, -0.1) is 11.3 Å². The fraction of sp³-hybridized carbons (Fsp3) is 0.706. The fourth-order valence-corrected chi connectivity index (χ4v) is 3.65. The fourth-order valence-electron chi connectivity index (χ4n) is 2.87. The van der Waals surface area contributed by atoms with Crippen LogP contribution in [0.15, 0.2) is 11.2 Å². The first kappa shape index (κ1) is 18.7. The summed E-state index contributed by atoms with van der Waals surface area (Å²) >= 11 is 1.74. The number of nitrogens with zero attached hydrogens (tertiary/aromatic N) is 3. The highest BCUT2D eigenvalue weighted by molar-refractivity contribution is 7.11. The predicted molar refractivity (Wildman–Crippen MR) is 99.3 cm³/mol. The molecule has 7 heteroatoms. The van der Waals surface area contributed by atoms with Gasteiger partial charge in [-0.1, -0.05) is 6.92 Å². The number of amides is 1. The van der Waals surface area contributed by atoms with Gasteiger partial charge in [0, 0.05) is 44.2 Å². The lowest BCUT2D eigenvalue weighted by Gasteiger charge is -2.34. The van der Waals surface area contributed by atoms with Crippen LogP contribution >= 0.6 is 11.3 Å². The SMILES string of the molecule is CCNC(=NCc1ncc(CC)s1)N1CCC(CC(=O)NC)CC1. The van der Waals surface area contributed by atoms with Crippen molar-refractivity contribution in [2.75, 3.05) is 26.7 Å². The quantitative estimate of drug-likeness (QED) is 0.608. The minimum absolute atomic E-state index is 0.143. The minimum Gasteiger partial charge on any atom is -0.359 e. The van der Waals surface area contributed by atoms with Gasteiger partial charge in [0.15, 0.2) is 5.96 Å². The third-order valence-corrected chi connectivity index (χ3v) is 5.44. The number of aryl methyl sites for hydroxylation is 1. The maximum atomic E-state index is 11.5. The summed E-state index contributed by atoms with van der Waals surface area (Å²) in [7, 11) is 1.70. The number of thiazole rings is 1. The molecule has 1 saturated heterocycles. The van der Waals surface area contributed by atoms with E-state index in [1.807, 2.05) is 6.20 Å². The second-order valence-electron chi connectivity index (χ2n) is 6.05. The van der Waals surface area contributed by atoms with Crippen LogP contribution in [0.2, 0.25) is 0 Å². The minimum atomic E-state index is 0.143. The Morgan fingerprint density at radius 2 is 2.17 bits per heavy atom. The molecule has 1 aromatic heterocycles. The number of aromatic nitrogens is 1. The lowest BCUT2D eigenvalue weighted by molar-refractivity contribution is -0.121. The molecule has 2 N–H and O–H groups in total. The van der Waals surface area contributed by atoms with Crippen molar-refractivity contribution in [3.8, 4) is 0 Å². The molecule has 6 nitrogen and oxygen atoms in total. The van der Waals surface area contributed by atoms with E-state index in [0.717, 1.165) is 49.9 Å². The molecule has 0 aliphatic carbocycles. The molecule has 134 valence electrons. The monoisotopic (exact) mass is 351 g/mol. The number of guanidine groups is 1. The van der Waals surface area contributed by atoms with E-state index >= 15 is 0 Å². The van der Waals surface area contributed by atoms with E-state index in [0.29, 0.717) is 18.9 Å². The maximum Gasteiger partial charge on any atom is 0.220 e. The Labute approximate surface area is 148 Å². The molecule has 1 aliphatic heterocycles. The van der Waals surface area contributed by atoms with E-state index in [9.17, 15) is 4.79 Å². The van der Waals surface area contributed by atoms with Gasteiger partial charge in [0.25, 0.3) is 0 Å². The van der Waals surface area contributed by atoms with E-state index in [2.05, 4.69) is 34.4 Å². The third-order valence-electron chi connectivity index (χ3n) is 4.32. The molecule has 0 radical (unpaired) electrons. The van der Waals surface area contributed by atoms with Gasteiger partial charge < -0.3 is 15.5 Å². The number of likely N-dealkylation sites (tertiary alicyclic amines) is 1. The summed E-state index contributed by atoms with van der Waals surface area (Å²) in [5.74, 6) is 1.59. The molecule has 1 fully saturated rings. The van der Waals surface area contributed by atoms with Crippen LogP contribution in [-0.2, 0) is 17.8 Å². The molecule has 0 bridgehead atoms. The zero-order valence-electron chi connectivity index (χ0n) is 15.0. The van der Waals surface area contributed by atoms with E-state index < -0.39 is 0 Å². The molecule has 2 rings (SSSR count). The van der Waals surface area contributed by atoms with E-state index in [1.54, 1.807) is 18.4 Å². The third kappa shape index (κ3) is 5.47. The van der Waals surface area contributed by atoms with E-state index in [4.69, 9.17) is 4.99 Å². The maximum absolute atomic E-state index is 11.5. The Hall–Kier alpha value is -1.63. The van der Waals surface area contributed by atoms with Crippen molar-refractivity contribution in [1.82, 2.24) is 20.5 Å². The summed E-state index contributed by atoms with van der Waals surface area (Å²) in [5.41, 5.74) is 0. The van der Waals surface area contributed by atoms with Crippen LogP contribution in [0.1, 0.15) is 43.0 Å². The Bertz CT molecular complexity index is 549. The lowest BCUT2D eigenvalue weighted by atomic mass is 9.93. The summed E-state index contributed by atoms with van der Waals surface area (Å²) in [4.78, 5) is 24.3.